The number of aromatic nitrogens is 1. The summed E-state index contributed by atoms with van der Waals surface area (Å²) in [7, 11) is -3.81. The lowest BCUT2D eigenvalue weighted by molar-refractivity contribution is -0.110. The van der Waals surface area contributed by atoms with E-state index in [9.17, 15) is 18.0 Å². The summed E-state index contributed by atoms with van der Waals surface area (Å²) in [5, 5.41) is 11.8. The Morgan fingerprint density at radius 2 is 1.90 bits per heavy atom. The van der Waals surface area contributed by atoms with Crippen molar-refractivity contribution in [1.29, 1.82) is 0 Å². The van der Waals surface area contributed by atoms with E-state index < -0.39 is 16.0 Å². The first-order chi connectivity index (χ1) is 14.8. The van der Waals surface area contributed by atoms with Crippen LogP contribution in [0.1, 0.15) is 27.3 Å². The van der Waals surface area contributed by atoms with Crippen LogP contribution in [0.25, 0.3) is 11.6 Å². The molecule has 0 atom stereocenters. The lowest BCUT2D eigenvalue weighted by Gasteiger charge is -2.20. The molecule has 0 fully saturated rings. The number of sulfonamides is 1. The van der Waals surface area contributed by atoms with Crippen LogP contribution in [0, 0.1) is 0 Å². The van der Waals surface area contributed by atoms with Crippen LogP contribution < -0.4 is 9.62 Å². The number of carbonyl (C=O) groups is 2. The molecule has 2 aromatic carbocycles. The van der Waals surface area contributed by atoms with Crippen molar-refractivity contribution >= 4 is 44.9 Å². The number of amides is 1. The molecule has 0 aliphatic carbocycles. The van der Waals surface area contributed by atoms with Crippen LogP contribution in [-0.2, 0) is 21.2 Å². The molecule has 5 rings (SSSR count). The first-order valence-electron chi connectivity index (χ1n) is 9.55. The molecule has 31 heavy (non-hydrogen) atoms. The third-order valence-electron chi connectivity index (χ3n) is 5.45. The van der Waals surface area contributed by atoms with E-state index in [-0.39, 0.29) is 22.1 Å². The molecule has 9 heteroatoms. The molecule has 0 unspecified atom stereocenters. The molecular weight excluding hydrogens is 418 g/mol. The van der Waals surface area contributed by atoms with Gasteiger partial charge >= 0.3 is 5.97 Å². The molecule has 0 saturated heterocycles. The van der Waals surface area contributed by atoms with Crippen molar-refractivity contribution in [3.63, 3.8) is 0 Å². The second-order valence-electron chi connectivity index (χ2n) is 7.31. The first kappa shape index (κ1) is 19.1. The van der Waals surface area contributed by atoms with Crippen molar-refractivity contribution in [2.75, 3.05) is 16.2 Å². The van der Waals surface area contributed by atoms with Crippen molar-refractivity contribution in [1.82, 2.24) is 4.98 Å². The van der Waals surface area contributed by atoms with Crippen LogP contribution in [0.5, 0.6) is 0 Å². The highest BCUT2D eigenvalue weighted by molar-refractivity contribution is 7.92. The highest BCUT2D eigenvalue weighted by Gasteiger charge is 2.33. The Bertz CT molecular complexity index is 1390. The fourth-order valence-electron chi connectivity index (χ4n) is 3.93. The number of carbonyl (C=O) groups excluding carboxylic acids is 1. The number of anilines is 2. The molecule has 0 spiro atoms. The molecule has 0 bridgehead atoms. The summed E-state index contributed by atoms with van der Waals surface area (Å²) in [5.41, 5.74) is 3.28. The Morgan fingerprint density at radius 1 is 1.10 bits per heavy atom. The highest BCUT2D eigenvalue weighted by atomic mass is 32.2. The maximum Gasteiger partial charge on any atom is 0.352 e. The van der Waals surface area contributed by atoms with Gasteiger partial charge in [-0.15, -0.1) is 0 Å². The molecule has 3 aromatic rings. The standard InChI is InChI=1S/C22H17N3O5S/c26-21-17(11-14-5-7-19(23-14)22(27)28)16-12-15(6-8-18(16)24-21)31(29,30)25-10-9-13-3-1-2-4-20(13)25/h1-8,11-12,23H,9-10H2,(H,24,26)(H,27,28)/b17-11-. The van der Waals surface area contributed by atoms with E-state index in [1.54, 1.807) is 24.3 Å². The minimum atomic E-state index is -3.81. The molecule has 0 radical (unpaired) electrons. The van der Waals surface area contributed by atoms with Gasteiger partial charge < -0.3 is 15.4 Å². The van der Waals surface area contributed by atoms with Gasteiger partial charge in [0.05, 0.1) is 16.2 Å². The summed E-state index contributed by atoms with van der Waals surface area (Å²) in [6, 6.07) is 14.9. The van der Waals surface area contributed by atoms with E-state index in [0.717, 1.165) is 5.56 Å². The number of nitrogens with one attached hydrogen (secondary N) is 2. The van der Waals surface area contributed by atoms with Gasteiger partial charge in [-0.25, -0.2) is 13.2 Å². The largest absolute Gasteiger partial charge is 0.477 e. The van der Waals surface area contributed by atoms with Gasteiger partial charge in [-0.2, -0.15) is 0 Å². The number of benzene rings is 2. The molecule has 8 nitrogen and oxygen atoms in total. The monoisotopic (exact) mass is 435 g/mol. The van der Waals surface area contributed by atoms with Crippen LogP contribution in [-0.4, -0.2) is 36.9 Å². The number of carboxylic acid groups (broad SMARTS) is 1. The van der Waals surface area contributed by atoms with Crippen LogP contribution in [0.2, 0.25) is 0 Å². The van der Waals surface area contributed by atoms with E-state index >= 15 is 0 Å². The topological polar surface area (TPSA) is 120 Å². The molecule has 1 amide bonds. The van der Waals surface area contributed by atoms with E-state index in [2.05, 4.69) is 10.3 Å². The first-order valence-corrected chi connectivity index (χ1v) is 11.0. The number of rotatable bonds is 4. The Morgan fingerprint density at radius 3 is 2.68 bits per heavy atom. The summed E-state index contributed by atoms with van der Waals surface area (Å²) >= 11 is 0. The summed E-state index contributed by atoms with van der Waals surface area (Å²) in [4.78, 5) is 26.4. The summed E-state index contributed by atoms with van der Waals surface area (Å²) in [5.74, 6) is -1.50. The third kappa shape index (κ3) is 3.10. The Balaban J connectivity index is 1.55. The van der Waals surface area contributed by atoms with Gasteiger partial charge in [-0.3, -0.25) is 9.10 Å². The highest BCUT2D eigenvalue weighted by Crippen LogP contribution is 2.37. The number of para-hydroxylation sites is 1. The second-order valence-corrected chi connectivity index (χ2v) is 9.17. The SMILES string of the molecule is O=C1Nc2ccc(S(=O)(=O)N3CCc4ccccc43)cc2/C1=C/c1ccc(C(=O)O)[nH]1. The van der Waals surface area contributed by atoms with Crippen molar-refractivity contribution in [3.05, 3.63) is 77.1 Å². The zero-order valence-electron chi connectivity index (χ0n) is 16.1. The number of hydrogen-bond donors (Lipinski definition) is 3. The van der Waals surface area contributed by atoms with Crippen molar-refractivity contribution in [2.24, 2.45) is 0 Å². The maximum absolute atomic E-state index is 13.4. The number of aromatic carboxylic acids is 1. The van der Waals surface area contributed by atoms with Crippen LogP contribution in [0.4, 0.5) is 11.4 Å². The molecular formula is C22H17N3O5S. The van der Waals surface area contributed by atoms with Crippen molar-refractivity contribution in [3.8, 4) is 0 Å². The number of nitrogens with zero attached hydrogens (tertiary/aromatic N) is 1. The zero-order chi connectivity index (χ0) is 21.8. The molecule has 2 aliphatic rings. The summed E-state index contributed by atoms with van der Waals surface area (Å²) < 4.78 is 28.1. The van der Waals surface area contributed by atoms with E-state index in [1.807, 2.05) is 12.1 Å². The average molecular weight is 435 g/mol. The van der Waals surface area contributed by atoms with Crippen molar-refractivity contribution in [2.45, 2.75) is 11.3 Å². The number of carboxylic acids is 1. The Hall–Kier alpha value is -3.85. The maximum atomic E-state index is 13.4. The van der Waals surface area contributed by atoms with Crippen LogP contribution >= 0.6 is 0 Å². The second kappa shape index (κ2) is 6.85. The van der Waals surface area contributed by atoms with Crippen molar-refractivity contribution < 1.29 is 23.1 Å². The van der Waals surface area contributed by atoms with Gasteiger partial charge in [0, 0.05) is 23.5 Å². The quantitative estimate of drug-likeness (QED) is 0.545. The van der Waals surface area contributed by atoms with Gasteiger partial charge in [0.25, 0.3) is 15.9 Å². The van der Waals surface area contributed by atoms with Gasteiger partial charge in [0.1, 0.15) is 5.69 Å². The molecule has 156 valence electrons. The van der Waals surface area contributed by atoms with E-state index in [0.29, 0.717) is 35.6 Å². The van der Waals surface area contributed by atoms with Crippen LogP contribution in [0.15, 0.2) is 59.5 Å². The Kier molecular flexibility index (Phi) is 4.23. The zero-order valence-corrected chi connectivity index (χ0v) is 16.9. The number of aromatic amines is 1. The predicted octanol–water partition coefficient (Wildman–Crippen LogP) is 2.96. The number of hydrogen-bond acceptors (Lipinski definition) is 4. The summed E-state index contributed by atoms with van der Waals surface area (Å²) in [6.45, 7) is 0.360. The van der Waals surface area contributed by atoms with Crippen LogP contribution in [0.3, 0.4) is 0 Å². The van der Waals surface area contributed by atoms with E-state index in [1.165, 1.54) is 28.6 Å². The smallest absolute Gasteiger partial charge is 0.352 e. The van der Waals surface area contributed by atoms with Gasteiger partial charge in [0.2, 0.25) is 0 Å². The van der Waals surface area contributed by atoms with Gasteiger partial charge in [-0.05, 0) is 54.5 Å². The van der Waals surface area contributed by atoms with Gasteiger partial charge in [-0.1, -0.05) is 18.2 Å². The lowest BCUT2D eigenvalue weighted by atomic mass is 10.1. The van der Waals surface area contributed by atoms with E-state index in [4.69, 9.17) is 5.11 Å². The average Bonchev–Trinajstić information content (AvgIpc) is 3.46. The predicted molar refractivity (Wildman–Crippen MR) is 115 cm³/mol. The molecule has 3 N–H and O–H groups in total. The third-order valence-corrected chi connectivity index (χ3v) is 7.25. The van der Waals surface area contributed by atoms with Gasteiger partial charge in [0.15, 0.2) is 0 Å². The molecule has 1 aromatic heterocycles. The minimum Gasteiger partial charge on any atom is -0.477 e. The molecule has 2 aliphatic heterocycles. The number of H-pyrrole nitrogens is 1. The minimum absolute atomic E-state index is 0.00509. The summed E-state index contributed by atoms with van der Waals surface area (Å²) in [6.07, 6.45) is 2.15. The Labute approximate surface area is 177 Å². The fraction of sp³-hybridized carbons (Fsp3) is 0.0909. The fourth-order valence-corrected chi connectivity index (χ4v) is 5.46. The number of fused-ring (bicyclic) bond motifs is 2. The lowest BCUT2D eigenvalue weighted by Crippen LogP contribution is -2.29. The molecule has 3 heterocycles. The normalized spacial score (nSPS) is 16.3. The molecule has 0 saturated carbocycles.